The van der Waals surface area contributed by atoms with E-state index in [0.717, 1.165) is 11.1 Å². The molecule has 0 saturated carbocycles. The average molecular weight is 505 g/mol. The zero-order valence-electron chi connectivity index (χ0n) is 21.4. The SMILES string of the molecule is CC(=O)OC(C)c1ccc(Cn2nc3c(c2Nc2ccc(F)cc2)C(=O)N(C)C2=NC(C)(C)CN23)cc1. The number of guanidine groups is 1. The second-order valence-corrected chi connectivity index (χ2v) is 10.0. The molecule has 10 heteroatoms. The molecule has 3 aromatic rings. The van der Waals surface area contributed by atoms with Crippen LogP contribution in [0.4, 0.5) is 21.7 Å². The summed E-state index contributed by atoms with van der Waals surface area (Å²) >= 11 is 0. The van der Waals surface area contributed by atoms with E-state index in [2.05, 4.69) is 5.32 Å². The fourth-order valence-corrected chi connectivity index (χ4v) is 4.64. The Morgan fingerprint density at radius 3 is 2.49 bits per heavy atom. The van der Waals surface area contributed by atoms with Gasteiger partial charge in [0.2, 0.25) is 5.96 Å². The summed E-state index contributed by atoms with van der Waals surface area (Å²) in [6.45, 7) is 8.20. The normalized spacial score (nSPS) is 16.7. The topological polar surface area (TPSA) is 92.1 Å². The Labute approximate surface area is 214 Å². The number of hydrogen-bond donors (Lipinski definition) is 1. The number of carbonyl (C=O) groups excluding carboxylic acids is 2. The molecule has 0 saturated heterocycles. The number of aromatic nitrogens is 2. The quantitative estimate of drug-likeness (QED) is 0.498. The number of nitrogens with one attached hydrogen (secondary N) is 1. The van der Waals surface area contributed by atoms with Gasteiger partial charge in [0.15, 0.2) is 5.82 Å². The Hall–Kier alpha value is -4.21. The monoisotopic (exact) mass is 504 g/mol. The second kappa shape index (κ2) is 9.02. The van der Waals surface area contributed by atoms with Gasteiger partial charge in [0.05, 0.1) is 18.6 Å². The van der Waals surface area contributed by atoms with Crippen molar-refractivity contribution in [2.75, 3.05) is 23.8 Å². The fraction of sp³-hybridized carbons (Fsp3) is 0.333. The van der Waals surface area contributed by atoms with E-state index >= 15 is 0 Å². The van der Waals surface area contributed by atoms with Gasteiger partial charge in [-0.15, -0.1) is 0 Å². The van der Waals surface area contributed by atoms with Crippen LogP contribution in [0.25, 0.3) is 0 Å². The number of ether oxygens (including phenoxy) is 1. The first-order valence-electron chi connectivity index (χ1n) is 12.1. The number of nitrogens with zero attached hydrogens (tertiary/aromatic N) is 5. The third-order valence-electron chi connectivity index (χ3n) is 6.43. The van der Waals surface area contributed by atoms with Crippen molar-refractivity contribution < 1.29 is 18.7 Å². The molecular formula is C27H29FN6O3. The average Bonchev–Trinajstić information content (AvgIpc) is 3.36. The van der Waals surface area contributed by atoms with Crippen molar-refractivity contribution in [1.82, 2.24) is 14.7 Å². The van der Waals surface area contributed by atoms with E-state index in [0.29, 0.717) is 41.9 Å². The minimum absolute atomic E-state index is 0.218. The van der Waals surface area contributed by atoms with Crippen LogP contribution in [0.15, 0.2) is 53.5 Å². The van der Waals surface area contributed by atoms with Crippen molar-refractivity contribution in [3.63, 3.8) is 0 Å². The Balaban J connectivity index is 1.54. The molecule has 0 spiro atoms. The molecule has 192 valence electrons. The molecule has 0 radical (unpaired) electrons. The van der Waals surface area contributed by atoms with Crippen LogP contribution in [0.5, 0.6) is 0 Å². The van der Waals surface area contributed by atoms with Gasteiger partial charge < -0.3 is 10.1 Å². The summed E-state index contributed by atoms with van der Waals surface area (Å²) in [5, 5.41) is 8.15. The van der Waals surface area contributed by atoms with Crippen molar-refractivity contribution >= 4 is 35.2 Å². The van der Waals surface area contributed by atoms with Gasteiger partial charge in [0.1, 0.15) is 23.3 Å². The number of rotatable bonds is 6. The zero-order valence-corrected chi connectivity index (χ0v) is 21.4. The van der Waals surface area contributed by atoms with Gasteiger partial charge >= 0.3 is 5.97 Å². The highest BCUT2D eigenvalue weighted by Crippen LogP contribution is 2.39. The summed E-state index contributed by atoms with van der Waals surface area (Å²) in [4.78, 5) is 33.1. The highest BCUT2D eigenvalue weighted by Gasteiger charge is 2.45. The van der Waals surface area contributed by atoms with Gasteiger partial charge in [-0.25, -0.2) is 14.1 Å². The minimum atomic E-state index is -0.367. The standard InChI is InChI=1S/C27H29FN6O3/c1-16(37-17(2)35)19-8-6-18(7-9-19)14-34-23(29-21-12-10-20(28)11-13-21)22-24(31-34)33-15-27(3,4)30-26(33)32(5)25(22)36/h6-13,16,29H,14-15H2,1-5H3. The van der Waals surface area contributed by atoms with Crippen LogP contribution < -0.4 is 10.2 Å². The predicted octanol–water partition coefficient (Wildman–Crippen LogP) is 4.48. The van der Waals surface area contributed by atoms with Crippen molar-refractivity contribution in [2.24, 2.45) is 4.99 Å². The molecule has 2 aromatic carbocycles. The molecule has 1 unspecified atom stereocenters. The molecule has 1 N–H and O–H groups in total. The third kappa shape index (κ3) is 4.66. The molecule has 2 aliphatic rings. The largest absolute Gasteiger partial charge is 0.458 e. The smallest absolute Gasteiger partial charge is 0.303 e. The number of carbonyl (C=O) groups is 2. The Kier molecular flexibility index (Phi) is 5.97. The number of anilines is 3. The maximum absolute atomic E-state index is 13.5. The first kappa shape index (κ1) is 24.5. The van der Waals surface area contributed by atoms with Gasteiger partial charge in [-0.2, -0.15) is 5.10 Å². The van der Waals surface area contributed by atoms with Crippen LogP contribution in [-0.2, 0) is 16.1 Å². The number of fused-ring (bicyclic) bond motifs is 3. The third-order valence-corrected chi connectivity index (χ3v) is 6.43. The van der Waals surface area contributed by atoms with Crippen molar-refractivity contribution in [2.45, 2.75) is 45.9 Å². The number of amides is 1. The van der Waals surface area contributed by atoms with Crippen LogP contribution in [-0.4, -0.2) is 51.6 Å². The molecule has 1 amide bonds. The summed E-state index contributed by atoms with van der Waals surface area (Å²) < 4.78 is 20.6. The van der Waals surface area contributed by atoms with Gasteiger partial charge in [-0.05, 0) is 56.2 Å². The van der Waals surface area contributed by atoms with Gasteiger partial charge in [0.25, 0.3) is 5.91 Å². The van der Waals surface area contributed by atoms with Crippen LogP contribution in [0.1, 0.15) is 55.3 Å². The summed E-state index contributed by atoms with van der Waals surface area (Å²) in [7, 11) is 1.71. The molecule has 2 aliphatic heterocycles. The number of benzene rings is 2. The van der Waals surface area contributed by atoms with E-state index < -0.39 is 0 Å². The van der Waals surface area contributed by atoms with Crippen LogP contribution in [0, 0.1) is 5.82 Å². The zero-order chi connectivity index (χ0) is 26.5. The highest BCUT2D eigenvalue weighted by atomic mass is 19.1. The lowest BCUT2D eigenvalue weighted by Crippen LogP contribution is -2.48. The molecule has 1 aromatic heterocycles. The lowest BCUT2D eigenvalue weighted by molar-refractivity contribution is -0.145. The number of aliphatic imine (C=N–C) groups is 1. The van der Waals surface area contributed by atoms with E-state index in [1.165, 1.54) is 19.1 Å². The first-order chi connectivity index (χ1) is 17.5. The van der Waals surface area contributed by atoms with Gasteiger partial charge in [0, 0.05) is 19.7 Å². The molecule has 0 fully saturated rings. The van der Waals surface area contributed by atoms with Crippen molar-refractivity contribution in [3.05, 3.63) is 71.0 Å². The molecule has 5 rings (SSSR count). The Morgan fingerprint density at radius 1 is 1.16 bits per heavy atom. The van der Waals surface area contributed by atoms with Gasteiger partial charge in [-0.1, -0.05) is 24.3 Å². The number of esters is 1. The minimum Gasteiger partial charge on any atom is -0.458 e. The molecule has 37 heavy (non-hydrogen) atoms. The van der Waals surface area contributed by atoms with Crippen molar-refractivity contribution in [1.29, 1.82) is 0 Å². The second-order valence-electron chi connectivity index (χ2n) is 10.0. The van der Waals surface area contributed by atoms with Gasteiger partial charge in [-0.3, -0.25) is 19.4 Å². The predicted molar refractivity (Wildman–Crippen MR) is 139 cm³/mol. The maximum atomic E-state index is 13.5. The van der Waals surface area contributed by atoms with E-state index in [1.54, 1.807) is 28.8 Å². The van der Waals surface area contributed by atoms with Crippen LogP contribution in [0.2, 0.25) is 0 Å². The lowest BCUT2D eigenvalue weighted by Gasteiger charge is -2.30. The molecule has 0 aliphatic carbocycles. The van der Waals surface area contributed by atoms with Crippen molar-refractivity contribution in [3.8, 4) is 0 Å². The van der Waals surface area contributed by atoms with E-state index in [-0.39, 0.29) is 29.3 Å². The number of halogens is 1. The Morgan fingerprint density at radius 2 is 1.84 bits per heavy atom. The summed E-state index contributed by atoms with van der Waals surface area (Å²) in [5.74, 6) is 0.725. The molecule has 9 nitrogen and oxygen atoms in total. The Bertz CT molecular complexity index is 1390. The summed E-state index contributed by atoms with van der Waals surface area (Å²) in [5.41, 5.74) is 2.52. The molecule has 1 atom stereocenters. The number of hydrogen-bond acceptors (Lipinski definition) is 7. The van der Waals surface area contributed by atoms with Crippen LogP contribution >= 0.6 is 0 Å². The highest BCUT2D eigenvalue weighted by molar-refractivity contribution is 6.20. The van der Waals surface area contributed by atoms with E-state index in [4.69, 9.17) is 14.8 Å². The molecule has 3 heterocycles. The molecule has 0 bridgehead atoms. The summed E-state index contributed by atoms with van der Waals surface area (Å²) in [6, 6.07) is 13.7. The summed E-state index contributed by atoms with van der Waals surface area (Å²) in [6.07, 6.45) is -0.358. The fourth-order valence-electron chi connectivity index (χ4n) is 4.64. The van der Waals surface area contributed by atoms with E-state index in [9.17, 15) is 14.0 Å². The lowest BCUT2D eigenvalue weighted by atomic mass is 10.1. The first-order valence-corrected chi connectivity index (χ1v) is 12.1. The van der Waals surface area contributed by atoms with Crippen LogP contribution in [0.3, 0.4) is 0 Å². The van der Waals surface area contributed by atoms with E-state index in [1.807, 2.05) is 49.9 Å². The molecular weight excluding hydrogens is 475 g/mol. The maximum Gasteiger partial charge on any atom is 0.303 e.